The summed E-state index contributed by atoms with van der Waals surface area (Å²) in [5, 5.41) is 36.2. The standard InChI is InChI=1S/C34H28N8O17S4/c1-58-25-11-17(3-5-23(25)37-39-31-27(62(52,53)54)9-15-7-19(60(46,47)48)13-21(35)29(15)33(31)43)41-42(45)18-4-6-24(26(12-18)59-2)38-40-32-28(63(55,56)57)10-16-8-20(61(49,50)51)14-22(36)30(16)34(32)44/h3-14H,1-2H3,(H10-,35,36,37,38,39,40,41,43,44,45,46,47,48,49,50,51,52,53,54,55,56,57)/p+1. The van der Waals surface area contributed by atoms with Crippen molar-refractivity contribution in [3.63, 3.8) is 0 Å². The number of nitrogens with two attached hydrogens (primary N) is 2. The second kappa shape index (κ2) is 16.3. The van der Waals surface area contributed by atoms with Crippen LogP contribution < -0.4 is 26.4 Å². The summed E-state index contributed by atoms with van der Waals surface area (Å²) in [6.45, 7) is 0. The molecule has 25 nitrogen and oxygen atoms in total. The monoisotopic (exact) mass is 949 g/mol. The van der Waals surface area contributed by atoms with Gasteiger partial charge in [-0.05, 0) is 65.4 Å². The van der Waals surface area contributed by atoms with Gasteiger partial charge in [-0.15, -0.1) is 25.9 Å². The number of phenolic OH excluding ortho intramolecular Hbond substituents is 2. The average Bonchev–Trinajstić information content (AvgIpc) is 3.18. The highest BCUT2D eigenvalue weighted by Crippen LogP contribution is 2.47. The van der Waals surface area contributed by atoms with Gasteiger partial charge in [0.25, 0.3) is 46.2 Å². The summed E-state index contributed by atoms with van der Waals surface area (Å²) >= 11 is 0. The molecule has 330 valence electrons. The third kappa shape index (κ3) is 9.24. The largest absolute Gasteiger partial charge is 0.505 e. The van der Waals surface area contributed by atoms with Gasteiger partial charge in [0.15, 0.2) is 22.1 Å². The zero-order chi connectivity index (χ0) is 46.6. The average molecular weight is 950 g/mol. The van der Waals surface area contributed by atoms with Crippen LogP contribution in [0.4, 0.5) is 45.5 Å². The number of aromatic hydroxyl groups is 2. The van der Waals surface area contributed by atoms with E-state index >= 15 is 0 Å². The normalized spacial score (nSPS) is 12.7. The van der Waals surface area contributed by atoms with E-state index in [1.165, 1.54) is 50.6 Å². The zero-order valence-corrected chi connectivity index (χ0v) is 34.9. The second-order valence-corrected chi connectivity index (χ2v) is 18.4. The van der Waals surface area contributed by atoms with Gasteiger partial charge in [-0.2, -0.15) is 33.7 Å². The molecule has 0 radical (unpaired) electrons. The number of nitroso groups, excluding NO2 is 1. The smallest absolute Gasteiger partial charge is 0.296 e. The van der Waals surface area contributed by atoms with Crippen molar-refractivity contribution < 1.29 is 76.4 Å². The van der Waals surface area contributed by atoms with Crippen LogP contribution in [0.3, 0.4) is 0 Å². The Morgan fingerprint density at radius 3 is 1.37 bits per heavy atom. The summed E-state index contributed by atoms with van der Waals surface area (Å²) in [5.74, 6) is -2.06. The minimum absolute atomic E-state index is 0.0710. The van der Waals surface area contributed by atoms with E-state index in [1.807, 2.05) is 0 Å². The van der Waals surface area contributed by atoms with Crippen LogP contribution in [0.15, 0.2) is 113 Å². The molecule has 6 aromatic carbocycles. The van der Waals surface area contributed by atoms with Gasteiger partial charge >= 0.3 is 0 Å². The molecule has 0 aliphatic carbocycles. The number of hydrogen-bond donors (Lipinski definition) is 9. The van der Waals surface area contributed by atoms with Crippen LogP contribution in [0.25, 0.3) is 21.5 Å². The van der Waals surface area contributed by atoms with Crippen LogP contribution >= 0.6 is 0 Å². The molecule has 0 aromatic heterocycles. The molecular formula is C34H29N8O17S4+. The summed E-state index contributed by atoms with van der Waals surface area (Å²) < 4.78 is 145. The molecule has 0 heterocycles. The van der Waals surface area contributed by atoms with Gasteiger partial charge in [0.2, 0.25) is 0 Å². The minimum Gasteiger partial charge on any atom is -0.505 e. The number of methoxy groups -OCH3 is 2. The molecule has 0 aliphatic rings. The summed E-state index contributed by atoms with van der Waals surface area (Å²) in [6.07, 6.45) is 0. The second-order valence-electron chi connectivity index (χ2n) is 12.8. The molecule has 0 bridgehead atoms. The number of phenols is 2. The first kappa shape index (κ1) is 45.4. The molecule has 0 spiro atoms. The number of rotatable bonds is 13. The molecule has 0 amide bonds. The summed E-state index contributed by atoms with van der Waals surface area (Å²) in [5.41, 5.74) is 11.6. The highest BCUT2D eigenvalue weighted by atomic mass is 32.2. The molecule has 6 rings (SSSR count). The van der Waals surface area contributed by atoms with Crippen molar-refractivity contribution >= 4 is 108 Å². The number of benzene rings is 6. The third-order valence-corrected chi connectivity index (χ3v) is 12.2. The van der Waals surface area contributed by atoms with Crippen molar-refractivity contribution in [2.75, 3.05) is 31.1 Å². The van der Waals surface area contributed by atoms with Crippen molar-refractivity contribution in [1.82, 2.24) is 0 Å². The maximum atomic E-state index is 13.2. The fraction of sp³-hybridized carbons (Fsp3) is 0.0588. The number of fused-ring (bicyclic) bond motifs is 2. The van der Waals surface area contributed by atoms with Crippen molar-refractivity contribution in [2.24, 2.45) is 20.5 Å². The Morgan fingerprint density at radius 1 is 0.556 bits per heavy atom. The fourth-order valence-electron chi connectivity index (χ4n) is 5.96. The van der Waals surface area contributed by atoms with E-state index in [0.29, 0.717) is 0 Å². The number of azo groups is 2. The van der Waals surface area contributed by atoms with E-state index in [4.69, 9.17) is 20.9 Å². The molecule has 63 heavy (non-hydrogen) atoms. The molecule has 0 fully saturated rings. The Balaban J connectivity index is 1.29. The molecule has 29 heteroatoms. The number of nitrogens with one attached hydrogen (secondary N) is 1. The van der Waals surface area contributed by atoms with E-state index < -0.39 is 94.3 Å². The zero-order valence-electron chi connectivity index (χ0n) is 31.6. The lowest BCUT2D eigenvalue weighted by atomic mass is 10.1. The summed E-state index contributed by atoms with van der Waals surface area (Å²) in [7, 11) is -17.6. The highest BCUT2D eigenvalue weighted by Gasteiger charge is 2.27. The van der Waals surface area contributed by atoms with Crippen molar-refractivity contribution in [3.8, 4) is 23.0 Å². The first-order chi connectivity index (χ1) is 29.2. The van der Waals surface area contributed by atoms with Crippen LogP contribution in [-0.4, -0.2) is 81.2 Å². The first-order valence-electron chi connectivity index (χ1n) is 16.7. The summed E-state index contributed by atoms with van der Waals surface area (Å²) in [4.78, 5) is 10.0. The first-order valence-corrected chi connectivity index (χ1v) is 22.5. The Labute approximate surface area is 354 Å². The lowest BCUT2D eigenvalue weighted by molar-refractivity contribution is -0.427. The van der Waals surface area contributed by atoms with Crippen LogP contribution in [0.5, 0.6) is 23.0 Å². The molecule has 0 atom stereocenters. The van der Waals surface area contributed by atoms with Crippen LogP contribution in [0.1, 0.15) is 0 Å². The number of hydrogen-bond acceptors (Lipinski definition) is 19. The van der Waals surface area contributed by atoms with Gasteiger partial charge in [0.1, 0.15) is 44.0 Å². The number of ether oxygens (including phenoxy) is 2. The Morgan fingerprint density at radius 2 is 0.968 bits per heavy atom. The van der Waals surface area contributed by atoms with Crippen molar-refractivity contribution in [3.05, 3.63) is 77.7 Å². The van der Waals surface area contributed by atoms with Crippen LogP contribution in [0, 0.1) is 4.91 Å². The molecule has 11 N–H and O–H groups in total. The molecular weight excluding hydrogens is 921 g/mol. The number of hydrazine groups is 1. The topological polar surface area (TPSA) is 410 Å². The summed E-state index contributed by atoms with van der Waals surface area (Å²) in [6, 6.07) is 12.1. The highest BCUT2D eigenvalue weighted by molar-refractivity contribution is 7.86. The van der Waals surface area contributed by atoms with Crippen LogP contribution in [0.2, 0.25) is 0 Å². The van der Waals surface area contributed by atoms with Gasteiger partial charge in [-0.1, -0.05) is 0 Å². The van der Waals surface area contributed by atoms with E-state index in [9.17, 15) is 67.0 Å². The number of anilines is 3. The number of nitrogens with zero attached hydrogens (tertiary/aromatic N) is 5. The molecule has 0 saturated carbocycles. The molecule has 0 saturated heterocycles. The maximum Gasteiger partial charge on any atom is 0.296 e. The predicted molar refractivity (Wildman–Crippen MR) is 221 cm³/mol. The quantitative estimate of drug-likeness (QED) is 0.0216. The predicted octanol–water partition coefficient (Wildman–Crippen LogP) is 5.84. The van der Waals surface area contributed by atoms with Gasteiger partial charge in [0, 0.05) is 34.3 Å². The van der Waals surface area contributed by atoms with E-state index in [-0.39, 0.29) is 60.7 Å². The Hall–Kier alpha value is -7.12. The van der Waals surface area contributed by atoms with Crippen molar-refractivity contribution in [2.45, 2.75) is 19.6 Å². The van der Waals surface area contributed by atoms with Crippen LogP contribution in [-0.2, 0) is 40.5 Å². The molecule has 0 aliphatic heterocycles. The Bertz CT molecular complexity index is 3480. The van der Waals surface area contributed by atoms with Gasteiger partial charge in [0.05, 0.1) is 35.0 Å². The lowest BCUT2D eigenvalue weighted by Gasteiger charge is -2.12. The van der Waals surface area contributed by atoms with E-state index in [0.717, 1.165) is 36.4 Å². The third-order valence-electron chi connectivity index (χ3n) is 8.78. The maximum absolute atomic E-state index is 13.2. The van der Waals surface area contributed by atoms with E-state index in [1.54, 1.807) is 0 Å². The SMILES string of the molecule is COc1cc(N[N+](=O)c2ccc(N=Nc3c(S(=O)(=O)O)cc4cc(S(=O)(=O)O)cc(N)c4c3O)c(OC)c2)ccc1N=Nc1c(S(=O)(=O)O)cc2cc(S(=O)(=O)O)cc(N)c2c1O. The Kier molecular flexibility index (Phi) is 11.7. The number of nitrogen functional groups attached to an aromatic ring is 2. The fourth-order valence-corrected chi connectivity index (χ4v) is 8.38. The lowest BCUT2D eigenvalue weighted by Crippen LogP contribution is -2.10. The van der Waals surface area contributed by atoms with E-state index in [2.05, 4.69) is 25.9 Å². The molecule has 0 unspecified atom stereocenters. The minimum atomic E-state index is -5.16. The molecule has 6 aromatic rings. The van der Waals surface area contributed by atoms with Gasteiger partial charge in [-0.3, -0.25) is 18.2 Å². The van der Waals surface area contributed by atoms with Crippen molar-refractivity contribution in [1.29, 1.82) is 0 Å². The van der Waals surface area contributed by atoms with Gasteiger partial charge < -0.3 is 31.2 Å². The van der Waals surface area contributed by atoms with Gasteiger partial charge in [-0.25, -0.2) is 0 Å².